The lowest BCUT2D eigenvalue weighted by Crippen LogP contribution is -2.43. The summed E-state index contributed by atoms with van der Waals surface area (Å²) >= 11 is 0. The Morgan fingerprint density at radius 1 is 1.00 bits per heavy atom. The maximum atomic E-state index is 11.3. The molecule has 1 fully saturated rings. The minimum atomic E-state index is -0.180. The summed E-state index contributed by atoms with van der Waals surface area (Å²) in [7, 11) is 0. The average molecular weight is 194 g/mol. The Morgan fingerprint density at radius 2 is 1.57 bits per heavy atom. The molecule has 4 nitrogen and oxygen atoms in total. The second kappa shape index (κ2) is 3.92. The number of carbonyl (C=O) groups excluding carboxylic acids is 2. The third-order valence-electron chi connectivity index (χ3n) is 2.69. The van der Waals surface area contributed by atoms with Crippen LogP contribution in [0.3, 0.4) is 0 Å². The van der Waals surface area contributed by atoms with Crippen molar-refractivity contribution in [2.45, 2.75) is 19.3 Å². The largest absolute Gasteiger partial charge is 0.286 e. The highest BCUT2D eigenvalue weighted by Crippen LogP contribution is 2.11. The van der Waals surface area contributed by atoms with Gasteiger partial charge in [-0.2, -0.15) is 0 Å². The van der Waals surface area contributed by atoms with Gasteiger partial charge in [-0.05, 0) is 25.9 Å². The SMILES string of the molecule is O=C1C=CC(=O)N1CN1CCCCC1. The Bertz CT molecular complexity index is 262. The van der Waals surface area contributed by atoms with Crippen molar-refractivity contribution in [3.63, 3.8) is 0 Å². The third-order valence-corrected chi connectivity index (χ3v) is 2.69. The lowest BCUT2D eigenvalue weighted by atomic mass is 10.1. The van der Waals surface area contributed by atoms with Crippen LogP contribution >= 0.6 is 0 Å². The van der Waals surface area contributed by atoms with Crippen molar-refractivity contribution in [2.24, 2.45) is 0 Å². The molecule has 76 valence electrons. The Labute approximate surface area is 83.2 Å². The van der Waals surface area contributed by atoms with Gasteiger partial charge in [-0.15, -0.1) is 0 Å². The fraction of sp³-hybridized carbons (Fsp3) is 0.600. The number of rotatable bonds is 2. The van der Waals surface area contributed by atoms with Crippen LogP contribution in [0.1, 0.15) is 19.3 Å². The molecule has 2 heterocycles. The molecule has 0 bridgehead atoms. The molecule has 0 aliphatic carbocycles. The first-order chi connectivity index (χ1) is 6.77. The highest BCUT2D eigenvalue weighted by Gasteiger charge is 2.25. The van der Waals surface area contributed by atoms with Gasteiger partial charge in [0.15, 0.2) is 0 Å². The van der Waals surface area contributed by atoms with E-state index in [4.69, 9.17) is 0 Å². The Hall–Kier alpha value is -1.16. The maximum absolute atomic E-state index is 11.3. The number of carbonyl (C=O) groups is 2. The Morgan fingerprint density at radius 3 is 2.14 bits per heavy atom. The molecule has 2 rings (SSSR count). The van der Waals surface area contributed by atoms with Gasteiger partial charge in [0.1, 0.15) is 0 Å². The van der Waals surface area contributed by atoms with Gasteiger partial charge in [0.05, 0.1) is 6.67 Å². The predicted octanol–water partition coefficient (Wildman–Crippen LogP) is 0.355. The number of nitrogens with zero attached hydrogens (tertiary/aromatic N) is 2. The molecule has 4 heteroatoms. The van der Waals surface area contributed by atoms with E-state index >= 15 is 0 Å². The molecule has 0 saturated carbocycles. The fourth-order valence-electron chi connectivity index (χ4n) is 1.87. The van der Waals surface area contributed by atoms with Gasteiger partial charge in [0.2, 0.25) is 0 Å². The van der Waals surface area contributed by atoms with Crippen molar-refractivity contribution in [3.05, 3.63) is 12.2 Å². The second-order valence-electron chi connectivity index (χ2n) is 3.76. The van der Waals surface area contributed by atoms with Crippen molar-refractivity contribution in [3.8, 4) is 0 Å². The van der Waals surface area contributed by atoms with Gasteiger partial charge in [0, 0.05) is 12.2 Å². The van der Waals surface area contributed by atoms with E-state index in [9.17, 15) is 9.59 Å². The van der Waals surface area contributed by atoms with E-state index in [1.54, 1.807) is 0 Å². The lowest BCUT2D eigenvalue weighted by molar-refractivity contribution is -0.139. The van der Waals surface area contributed by atoms with E-state index in [1.807, 2.05) is 0 Å². The maximum Gasteiger partial charge on any atom is 0.254 e. The molecular weight excluding hydrogens is 180 g/mol. The van der Waals surface area contributed by atoms with Crippen LogP contribution in [-0.4, -0.2) is 41.4 Å². The smallest absolute Gasteiger partial charge is 0.254 e. The first kappa shape index (κ1) is 9.40. The van der Waals surface area contributed by atoms with Gasteiger partial charge in [-0.3, -0.25) is 19.4 Å². The lowest BCUT2D eigenvalue weighted by Gasteiger charge is -2.29. The first-order valence-corrected chi connectivity index (χ1v) is 5.03. The van der Waals surface area contributed by atoms with Gasteiger partial charge in [-0.25, -0.2) is 0 Å². The van der Waals surface area contributed by atoms with Crippen molar-refractivity contribution < 1.29 is 9.59 Å². The molecule has 0 spiro atoms. The summed E-state index contributed by atoms with van der Waals surface area (Å²) in [5.74, 6) is -0.360. The number of imide groups is 1. The summed E-state index contributed by atoms with van der Waals surface area (Å²) in [6, 6.07) is 0. The summed E-state index contributed by atoms with van der Waals surface area (Å²) in [6.07, 6.45) is 6.28. The van der Waals surface area contributed by atoms with Crippen molar-refractivity contribution in [2.75, 3.05) is 19.8 Å². The van der Waals surface area contributed by atoms with E-state index in [0.29, 0.717) is 6.67 Å². The number of amides is 2. The molecule has 2 aliphatic rings. The molecule has 0 aromatic carbocycles. The summed E-state index contributed by atoms with van der Waals surface area (Å²) < 4.78 is 0. The Balaban J connectivity index is 1.90. The van der Waals surface area contributed by atoms with E-state index in [1.165, 1.54) is 36.3 Å². The zero-order valence-electron chi connectivity index (χ0n) is 8.11. The van der Waals surface area contributed by atoms with E-state index in [-0.39, 0.29) is 11.8 Å². The molecule has 0 aromatic heterocycles. The molecule has 0 aromatic rings. The number of likely N-dealkylation sites (tertiary alicyclic amines) is 1. The molecule has 2 amide bonds. The van der Waals surface area contributed by atoms with E-state index in [0.717, 1.165) is 13.1 Å². The van der Waals surface area contributed by atoms with Gasteiger partial charge in [-0.1, -0.05) is 6.42 Å². The summed E-state index contributed by atoms with van der Waals surface area (Å²) in [4.78, 5) is 26.0. The molecule has 0 radical (unpaired) electrons. The Kier molecular flexibility index (Phi) is 2.63. The molecule has 0 N–H and O–H groups in total. The van der Waals surface area contributed by atoms with Gasteiger partial charge < -0.3 is 0 Å². The van der Waals surface area contributed by atoms with Gasteiger partial charge in [0.25, 0.3) is 11.8 Å². The second-order valence-corrected chi connectivity index (χ2v) is 3.76. The summed E-state index contributed by atoms with van der Waals surface area (Å²) in [6.45, 7) is 2.46. The highest BCUT2D eigenvalue weighted by molar-refractivity contribution is 6.12. The minimum absolute atomic E-state index is 0.180. The normalized spacial score (nSPS) is 23.6. The topological polar surface area (TPSA) is 40.6 Å². The van der Waals surface area contributed by atoms with Crippen molar-refractivity contribution in [1.29, 1.82) is 0 Å². The zero-order valence-corrected chi connectivity index (χ0v) is 8.11. The van der Waals surface area contributed by atoms with Crippen LogP contribution in [0.4, 0.5) is 0 Å². The van der Waals surface area contributed by atoms with Crippen LogP contribution in [-0.2, 0) is 9.59 Å². The fourth-order valence-corrected chi connectivity index (χ4v) is 1.87. The zero-order chi connectivity index (χ0) is 9.97. The number of hydrogen-bond donors (Lipinski definition) is 0. The van der Waals surface area contributed by atoms with E-state index in [2.05, 4.69) is 4.90 Å². The van der Waals surface area contributed by atoms with Crippen LogP contribution < -0.4 is 0 Å². The average Bonchev–Trinajstić information content (AvgIpc) is 2.51. The number of hydrogen-bond acceptors (Lipinski definition) is 3. The first-order valence-electron chi connectivity index (χ1n) is 5.03. The van der Waals surface area contributed by atoms with Crippen LogP contribution in [0.15, 0.2) is 12.2 Å². The summed E-state index contributed by atoms with van der Waals surface area (Å²) in [5.41, 5.74) is 0. The third kappa shape index (κ3) is 1.85. The van der Waals surface area contributed by atoms with Crippen molar-refractivity contribution >= 4 is 11.8 Å². The monoisotopic (exact) mass is 194 g/mol. The minimum Gasteiger partial charge on any atom is -0.286 e. The van der Waals surface area contributed by atoms with Crippen LogP contribution in [0.25, 0.3) is 0 Å². The molecule has 14 heavy (non-hydrogen) atoms. The molecule has 0 atom stereocenters. The van der Waals surface area contributed by atoms with Crippen LogP contribution in [0, 0.1) is 0 Å². The molecule has 1 saturated heterocycles. The van der Waals surface area contributed by atoms with Crippen LogP contribution in [0.5, 0.6) is 0 Å². The van der Waals surface area contributed by atoms with Crippen LogP contribution in [0.2, 0.25) is 0 Å². The van der Waals surface area contributed by atoms with Gasteiger partial charge >= 0.3 is 0 Å². The number of piperidine rings is 1. The van der Waals surface area contributed by atoms with Crippen molar-refractivity contribution in [1.82, 2.24) is 9.80 Å². The van der Waals surface area contributed by atoms with E-state index < -0.39 is 0 Å². The molecular formula is C10H14N2O2. The quantitative estimate of drug-likeness (QED) is 0.596. The molecule has 2 aliphatic heterocycles. The highest BCUT2D eigenvalue weighted by atomic mass is 16.2. The standard InChI is InChI=1S/C10H14N2O2/c13-9-4-5-10(14)12(9)8-11-6-2-1-3-7-11/h4-5H,1-3,6-8H2. The summed E-state index contributed by atoms with van der Waals surface area (Å²) in [5, 5.41) is 0. The molecule has 0 unspecified atom stereocenters. The predicted molar refractivity (Wildman–Crippen MR) is 51.3 cm³/mol.